The van der Waals surface area contributed by atoms with E-state index in [2.05, 4.69) is 10.1 Å². The molecule has 1 heterocycles. The number of hydrogen-bond donors (Lipinski definition) is 1. The summed E-state index contributed by atoms with van der Waals surface area (Å²) in [6, 6.07) is 0. The summed E-state index contributed by atoms with van der Waals surface area (Å²) >= 11 is 0. The van der Waals surface area contributed by atoms with Gasteiger partial charge in [-0.05, 0) is 6.42 Å². The average molecular weight is 245 g/mol. The summed E-state index contributed by atoms with van der Waals surface area (Å²) in [5.41, 5.74) is -0.606. The third-order valence-electron chi connectivity index (χ3n) is 2.92. The molecule has 0 aliphatic carbocycles. The van der Waals surface area contributed by atoms with E-state index < -0.39 is 5.41 Å². The first-order valence-corrected chi connectivity index (χ1v) is 5.58. The second-order valence-corrected chi connectivity index (χ2v) is 4.08. The van der Waals surface area contributed by atoms with Gasteiger partial charge < -0.3 is 19.5 Å². The molecule has 1 fully saturated rings. The smallest absolute Gasteiger partial charge is 0.315 e. The van der Waals surface area contributed by atoms with Gasteiger partial charge >= 0.3 is 11.9 Å². The van der Waals surface area contributed by atoms with Gasteiger partial charge in [-0.25, -0.2) is 0 Å². The zero-order valence-corrected chi connectivity index (χ0v) is 10.3. The predicted molar refractivity (Wildman–Crippen MR) is 59.4 cm³/mol. The van der Waals surface area contributed by atoms with E-state index in [0.29, 0.717) is 32.7 Å². The van der Waals surface area contributed by atoms with Gasteiger partial charge in [-0.3, -0.25) is 9.59 Å². The summed E-state index contributed by atoms with van der Waals surface area (Å²) < 4.78 is 14.6. The lowest BCUT2D eigenvalue weighted by Gasteiger charge is -2.24. The van der Waals surface area contributed by atoms with E-state index >= 15 is 0 Å². The highest BCUT2D eigenvalue weighted by Gasteiger charge is 2.43. The molecule has 98 valence electrons. The van der Waals surface area contributed by atoms with E-state index in [-0.39, 0.29) is 18.4 Å². The number of carbonyl (C=O) groups is 2. The number of nitrogens with one attached hydrogen (secondary N) is 1. The van der Waals surface area contributed by atoms with E-state index in [1.54, 1.807) is 0 Å². The summed E-state index contributed by atoms with van der Waals surface area (Å²) in [5, 5.41) is 3.07. The normalized spacial score (nSPS) is 23.4. The molecule has 1 rings (SSSR count). The Morgan fingerprint density at radius 1 is 1.35 bits per heavy atom. The van der Waals surface area contributed by atoms with Crippen LogP contribution in [0.15, 0.2) is 0 Å². The Bertz CT molecular complexity index is 273. The first kappa shape index (κ1) is 13.9. The minimum atomic E-state index is -0.606. The molecule has 0 bridgehead atoms. The molecule has 0 saturated carbocycles. The van der Waals surface area contributed by atoms with Gasteiger partial charge in [-0.2, -0.15) is 0 Å². The molecule has 0 aromatic rings. The van der Waals surface area contributed by atoms with Crippen molar-refractivity contribution in [2.75, 3.05) is 40.5 Å². The second kappa shape index (κ2) is 6.56. The summed E-state index contributed by atoms with van der Waals surface area (Å²) in [6.45, 7) is 1.86. The zero-order chi connectivity index (χ0) is 12.7. The highest BCUT2D eigenvalue weighted by atomic mass is 16.5. The van der Waals surface area contributed by atoms with Crippen molar-refractivity contribution in [2.24, 2.45) is 5.41 Å². The Hall–Kier alpha value is -1.14. The summed E-state index contributed by atoms with van der Waals surface area (Å²) in [4.78, 5) is 22.6. The fraction of sp³-hybridized carbons (Fsp3) is 0.818. The molecule has 1 saturated heterocycles. The van der Waals surface area contributed by atoms with Gasteiger partial charge in [0.1, 0.15) is 5.41 Å². The lowest BCUT2D eigenvalue weighted by Crippen LogP contribution is -2.42. The number of ether oxygens (including phenoxy) is 3. The van der Waals surface area contributed by atoms with Crippen LogP contribution >= 0.6 is 0 Å². The Balaban J connectivity index is 2.35. The molecule has 0 spiro atoms. The Kier molecular flexibility index (Phi) is 5.37. The molecule has 1 aliphatic rings. The topological polar surface area (TPSA) is 73.9 Å². The van der Waals surface area contributed by atoms with Crippen LogP contribution in [0.3, 0.4) is 0 Å². The van der Waals surface area contributed by atoms with E-state index in [9.17, 15) is 9.59 Å². The Labute approximate surface area is 101 Å². The standard InChI is InChI=1S/C11H19NO5/c1-15-9(13)3-5-12-7-11(10(14)16-2)4-6-17-8-11/h12H,3-8H2,1-2H3. The van der Waals surface area contributed by atoms with Crippen LogP contribution in [0.5, 0.6) is 0 Å². The quantitative estimate of drug-likeness (QED) is 0.512. The second-order valence-electron chi connectivity index (χ2n) is 4.08. The van der Waals surface area contributed by atoms with E-state index in [0.717, 1.165) is 0 Å². The number of methoxy groups -OCH3 is 2. The molecule has 1 aliphatic heterocycles. The molecule has 1 unspecified atom stereocenters. The molecule has 0 aromatic heterocycles. The number of esters is 2. The lowest BCUT2D eigenvalue weighted by molar-refractivity contribution is -0.152. The van der Waals surface area contributed by atoms with Gasteiger partial charge in [0.2, 0.25) is 0 Å². The molecule has 17 heavy (non-hydrogen) atoms. The van der Waals surface area contributed by atoms with Crippen LogP contribution in [-0.4, -0.2) is 52.5 Å². The van der Waals surface area contributed by atoms with Crippen LogP contribution in [0, 0.1) is 5.41 Å². The largest absolute Gasteiger partial charge is 0.469 e. The first-order chi connectivity index (χ1) is 8.14. The number of rotatable bonds is 6. The van der Waals surface area contributed by atoms with E-state index in [1.807, 2.05) is 0 Å². The maximum atomic E-state index is 11.7. The van der Waals surface area contributed by atoms with E-state index in [4.69, 9.17) is 9.47 Å². The monoisotopic (exact) mass is 245 g/mol. The van der Waals surface area contributed by atoms with Gasteiger partial charge in [0.15, 0.2) is 0 Å². The highest BCUT2D eigenvalue weighted by Crippen LogP contribution is 2.29. The fourth-order valence-electron chi connectivity index (χ4n) is 1.82. The van der Waals surface area contributed by atoms with Crippen LogP contribution in [0.2, 0.25) is 0 Å². The lowest BCUT2D eigenvalue weighted by atomic mass is 9.87. The van der Waals surface area contributed by atoms with Gasteiger partial charge in [0.25, 0.3) is 0 Å². The van der Waals surface area contributed by atoms with Crippen molar-refractivity contribution < 1.29 is 23.8 Å². The van der Waals surface area contributed by atoms with Crippen molar-refractivity contribution in [3.63, 3.8) is 0 Å². The SMILES string of the molecule is COC(=O)CCNCC1(C(=O)OC)CCOC1. The molecule has 0 amide bonds. The molecule has 0 radical (unpaired) electrons. The summed E-state index contributed by atoms with van der Waals surface area (Å²) in [6.07, 6.45) is 0.930. The van der Waals surface area contributed by atoms with Crippen molar-refractivity contribution in [3.8, 4) is 0 Å². The zero-order valence-electron chi connectivity index (χ0n) is 10.3. The van der Waals surface area contributed by atoms with Crippen LogP contribution in [0.25, 0.3) is 0 Å². The van der Waals surface area contributed by atoms with Crippen LogP contribution < -0.4 is 5.32 Å². The molecule has 6 nitrogen and oxygen atoms in total. The van der Waals surface area contributed by atoms with Crippen LogP contribution in [0.1, 0.15) is 12.8 Å². The molecule has 1 N–H and O–H groups in total. The Morgan fingerprint density at radius 2 is 2.12 bits per heavy atom. The van der Waals surface area contributed by atoms with E-state index in [1.165, 1.54) is 14.2 Å². The molecule has 1 atom stereocenters. The number of carbonyl (C=O) groups excluding carboxylic acids is 2. The van der Waals surface area contributed by atoms with Crippen molar-refractivity contribution in [1.82, 2.24) is 5.32 Å². The summed E-state index contributed by atoms with van der Waals surface area (Å²) in [5.74, 6) is -0.534. The van der Waals surface area contributed by atoms with Gasteiger partial charge in [-0.1, -0.05) is 0 Å². The van der Waals surface area contributed by atoms with Crippen molar-refractivity contribution >= 4 is 11.9 Å². The molecule has 6 heteroatoms. The third-order valence-corrected chi connectivity index (χ3v) is 2.92. The van der Waals surface area contributed by atoms with Crippen molar-refractivity contribution in [1.29, 1.82) is 0 Å². The first-order valence-electron chi connectivity index (χ1n) is 5.58. The fourth-order valence-corrected chi connectivity index (χ4v) is 1.82. The maximum absolute atomic E-state index is 11.7. The van der Waals surface area contributed by atoms with Crippen molar-refractivity contribution in [2.45, 2.75) is 12.8 Å². The van der Waals surface area contributed by atoms with Gasteiger partial charge in [0.05, 0.1) is 27.2 Å². The molecule has 0 aromatic carbocycles. The van der Waals surface area contributed by atoms with Crippen LogP contribution in [-0.2, 0) is 23.8 Å². The predicted octanol–water partition coefficient (Wildman–Crippen LogP) is -0.281. The van der Waals surface area contributed by atoms with Gasteiger partial charge in [0, 0.05) is 19.7 Å². The molecular weight excluding hydrogens is 226 g/mol. The minimum absolute atomic E-state index is 0.263. The Morgan fingerprint density at radius 3 is 2.65 bits per heavy atom. The van der Waals surface area contributed by atoms with Crippen LogP contribution in [0.4, 0.5) is 0 Å². The average Bonchev–Trinajstić information content (AvgIpc) is 2.83. The summed E-state index contributed by atoms with van der Waals surface area (Å²) in [7, 11) is 2.72. The third kappa shape index (κ3) is 3.67. The maximum Gasteiger partial charge on any atom is 0.315 e. The van der Waals surface area contributed by atoms with Gasteiger partial charge in [-0.15, -0.1) is 0 Å². The number of hydrogen-bond acceptors (Lipinski definition) is 6. The molecular formula is C11H19NO5. The van der Waals surface area contributed by atoms with Crippen molar-refractivity contribution in [3.05, 3.63) is 0 Å². The highest BCUT2D eigenvalue weighted by molar-refractivity contribution is 5.77. The minimum Gasteiger partial charge on any atom is -0.469 e.